The SMILES string of the molecule is CCCCCCCCCCC(NCCCC[C@H](NC(=O)N[C@@H](CCC(=O)O)C(=O)O)C(=O)O)N1CCN(c2nc(Nc3ccc(CC4CN(CC(=O)O)CCN(CC(=O)O)CCN(CC(=O)O)CCN4CC(=O)O)cc3)nc(N3CCN(CC(=O)O)CC3)n2)CC1.[Lu+3]. The number of carboxylic acids is 8. The van der Waals surface area contributed by atoms with Gasteiger partial charge in [-0.2, -0.15) is 15.0 Å². The van der Waals surface area contributed by atoms with Crippen LogP contribution in [0, 0.1) is 36.9 Å². The zero-order chi connectivity index (χ0) is 66.2. The molecule has 0 radical (unpaired) electrons. The summed E-state index contributed by atoms with van der Waals surface area (Å²) in [6.07, 6.45) is 10.5. The van der Waals surface area contributed by atoms with Crippen molar-refractivity contribution < 1.29 is 121 Å². The Bertz CT molecular complexity index is 2660. The van der Waals surface area contributed by atoms with Crippen LogP contribution in [0.2, 0.25) is 0 Å². The number of carbonyl (C=O) groups is 9. The van der Waals surface area contributed by atoms with Crippen LogP contribution in [0.5, 0.6) is 0 Å². The molecule has 3 aliphatic rings. The van der Waals surface area contributed by atoms with Gasteiger partial charge in [-0.25, -0.2) is 14.4 Å². The Hall–Kier alpha value is -6.39. The number of rotatable bonds is 39. The summed E-state index contributed by atoms with van der Waals surface area (Å²) < 4.78 is 0. The Morgan fingerprint density at radius 3 is 1.43 bits per heavy atom. The number of carbonyl (C=O) groups excluding carboxylic acids is 1. The number of aliphatic carboxylic acids is 8. The first-order valence-electron chi connectivity index (χ1n) is 31.6. The largest absolute Gasteiger partial charge is 3.00 e. The molecule has 0 saturated carbocycles. The van der Waals surface area contributed by atoms with E-state index in [1.54, 1.807) is 19.6 Å². The molecule has 92 heavy (non-hydrogen) atoms. The molecule has 33 heteroatoms. The van der Waals surface area contributed by atoms with Crippen molar-refractivity contribution in [3.8, 4) is 0 Å². The van der Waals surface area contributed by atoms with Gasteiger partial charge in [0.15, 0.2) is 0 Å². The van der Waals surface area contributed by atoms with Crippen molar-refractivity contribution in [2.24, 2.45) is 0 Å². The van der Waals surface area contributed by atoms with Gasteiger partial charge in [-0.3, -0.25) is 58.2 Å². The molecule has 4 heterocycles. The van der Waals surface area contributed by atoms with Crippen LogP contribution in [0.15, 0.2) is 24.3 Å². The standard InChI is InChI=1S/C59H95N15O17.Lu/c1-2-3-4-5-6-7-8-9-13-47(60-20-11-10-12-45(54(87)88)62-59(91)63-46(55(89)90)18-19-48(75)76)71-31-33-73(34-32-71)58-65-56(64-57(66-58)72-28-25-69(26-29-72)39-51(81)82)61-43-16-14-42(15-17-43)35-44-36-70(40-52(83)84)24-23-67(37-49(77)78)21-22-68(38-50(79)80)27-30-74(44)41-53(85)86;/h14-17,44-47,60H,2-13,18-41H2,1H3,(H,75,76)(H,77,78)(H,79,80)(H,81,82)(H,83,84)(H,85,86)(H,87,88)(H,89,90)(H2,62,63,91)(H,61,64,65,66);/q;+3/t44?,45-,46-,47?;/m0./s1. The van der Waals surface area contributed by atoms with Crippen molar-refractivity contribution in [1.29, 1.82) is 0 Å². The molecule has 520 valence electrons. The minimum Gasteiger partial charge on any atom is -0.481 e. The van der Waals surface area contributed by atoms with E-state index in [-0.39, 0.29) is 140 Å². The van der Waals surface area contributed by atoms with Gasteiger partial charge in [0.1, 0.15) is 12.1 Å². The average molecular weight is 1460 g/mol. The Labute approximate surface area is 565 Å². The second-order valence-corrected chi connectivity index (χ2v) is 23.5. The normalized spacial score (nSPS) is 18.0. The van der Waals surface area contributed by atoms with E-state index in [4.69, 9.17) is 20.1 Å². The van der Waals surface area contributed by atoms with Crippen LogP contribution in [0.25, 0.3) is 0 Å². The molecule has 12 N–H and O–H groups in total. The van der Waals surface area contributed by atoms with Crippen molar-refractivity contribution in [1.82, 2.24) is 60.3 Å². The molecule has 3 fully saturated rings. The Morgan fingerprint density at radius 2 is 0.935 bits per heavy atom. The van der Waals surface area contributed by atoms with E-state index in [1.807, 2.05) is 34.1 Å². The maximum Gasteiger partial charge on any atom is 3.00 e. The van der Waals surface area contributed by atoms with Crippen molar-refractivity contribution in [3.05, 3.63) is 29.8 Å². The van der Waals surface area contributed by atoms with Crippen molar-refractivity contribution in [2.75, 3.05) is 153 Å². The van der Waals surface area contributed by atoms with Gasteiger partial charge in [0.2, 0.25) is 17.8 Å². The fraction of sp³-hybridized carbons (Fsp3) is 0.695. The number of amides is 2. The molecule has 4 atom stereocenters. The Balaban J connectivity index is 0.0000180. The number of hydrogen-bond acceptors (Lipinski definition) is 22. The number of benzene rings is 1. The topological polar surface area (TPSA) is 428 Å². The third-order valence-corrected chi connectivity index (χ3v) is 16.4. The Morgan fingerprint density at radius 1 is 0.489 bits per heavy atom. The number of nitrogens with one attached hydrogen (secondary N) is 4. The molecule has 0 spiro atoms. The second kappa shape index (κ2) is 42.0. The van der Waals surface area contributed by atoms with E-state index in [2.05, 4.69) is 38.0 Å². The van der Waals surface area contributed by atoms with E-state index in [0.717, 1.165) is 31.2 Å². The van der Waals surface area contributed by atoms with E-state index in [1.165, 1.54) is 32.1 Å². The van der Waals surface area contributed by atoms with E-state index in [9.17, 15) is 78.9 Å². The van der Waals surface area contributed by atoms with Gasteiger partial charge in [-0.1, -0.05) is 70.4 Å². The van der Waals surface area contributed by atoms with E-state index >= 15 is 0 Å². The zero-order valence-electron chi connectivity index (χ0n) is 52.5. The molecule has 32 nitrogen and oxygen atoms in total. The Kier molecular flexibility index (Phi) is 35.7. The molecule has 2 amide bonds. The number of hydrogen-bond donors (Lipinski definition) is 12. The summed E-state index contributed by atoms with van der Waals surface area (Å²) in [6.45, 7) is 6.44. The average Bonchev–Trinajstić information content (AvgIpc) is 0.851. The van der Waals surface area contributed by atoms with Gasteiger partial charge in [0.05, 0.1) is 38.9 Å². The molecule has 2 unspecified atom stereocenters. The summed E-state index contributed by atoms with van der Waals surface area (Å²) in [7, 11) is 0. The van der Waals surface area contributed by atoms with Gasteiger partial charge in [-0.05, 0) is 62.8 Å². The smallest absolute Gasteiger partial charge is 0.481 e. The molecular weight excluding hydrogens is 1370 g/mol. The van der Waals surface area contributed by atoms with Crippen LogP contribution < -0.4 is 31.1 Å². The van der Waals surface area contributed by atoms with Gasteiger partial charge >= 0.3 is 90.7 Å². The summed E-state index contributed by atoms with van der Waals surface area (Å²) >= 11 is 0. The van der Waals surface area contributed by atoms with Crippen LogP contribution in [0.1, 0.15) is 102 Å². The predicted molar refractivity (Wildman–Crippen MR) is 333 cm³/mol. The molecule has 3 aliphatic heterocycles. The molecular formula is C59H95LuN15O17+3. The number of piperazine rings is 2. The van der Waals surface area contributed by atoms with Gasteiger partial charge < -0.3 is 71.9 Å². The van der Waals surface area contributed by atoms with Crippen molar-refractivity contribution in [2.45, 2.75) is 128 Å². The molecule has 3 saturated heterocycles. The summed E-state index contributed by atoms with van der Waals surface area (Å²) in [6, 6.07) is 2.92. The zero-order valence-corrected chi connectivity index (χ0v) is 54.2. The van der Waals surface area contributed by atoms with E-state index < -0.39 is 84.9 Å². The maximum absolute atomic E-state index is 12.6. The first-order valence-corrected chi connectivity index (χ1v) is 31.6. The molecule has 2 aromatic rings. The minimum atomic E-state index is -1.51. The number of urea groups is 1. The molecule has 1 aromatic carbocycles. The van der Waals surface area contributed by atoms with Gasteiger partial charge in [0, 0.05) is 116 Å². The monoisotopic (exact) mass is 1460 g/mol. The number of anilines is 4. The molecule has 0 aliphatic carbocycles. The third kappa shape index (κ3) is 30.1. The number of aromatic nitrogens is 3. The van der Waals surface area contributed by atoms with Gasteiger partial charge in [0.25, 0.3) is 0 Å². The number of unbranched alkanes of at least 4 members (excludes halogenated alkanes) is 8. The summed E-state index contributed by atoms with van der Waals surface area (Å²) in [5, 5.41) is 88.7. The van der Waals surface area contributed by atoms with Gasteiger partial charge in [-0.15, -0.1) is 0 Å². The second-order valence-electron chi connectivity index (χ2n) is 23.5. The molecule has 5 rings (SSSR count). The van der Waals surface area contributed by atoms with Crippen LogP contribution >= 0.6 is 0 Å². The van der Waals surface area contributed by atoms with Crippen molar-refractivity contribution >= 4 is 77.3 Å². The maximum atomic E-state index is 12.6. The first-order chi connectivity index (χ1) is 43.5. The fourth-order valence-corrected chi connectivity index (χ4v) is 11.5. The third-order valence-electron chi connectivity index (χ3n) is 16.4. The summed E-state index contributed by atoms with van der Waals surface area (Å²) in [4.78, 5) is 137. The fourth-order valence-electron chi connectivity index (χ4n) is 11.5. The summed E-state index contributed by atoms with van der Waals surface area (Å²) in [5.74, 6) is -8.25. The predicted octanol–water partition coefficient (Wildman–Crippen LogP) is 1.10. The number of nitrogens with zero attached hydrogens (tertiary/aromatic N) is 11. The van der Waals surface area contributed by atoms with Crippen LogP contribution in [-0.4, -0.2) is 301 Å². The van der Waals surface area contributed by atoms with E-state index in [0.29, 0.717) is 89.3 Å². The van der Waals surface area contributed by atoms with Crippen LogP contribution in [-0.2, 0) is 44.8 Å². The van der Waals surface area contributed by atoms with Crippen LogP contribution in [0.4, 0.5) is 28.3 Å². The molecule has 1 aromatic heterocycles. The number of carboxylic acid groups (broad SMARTS) is 8. The van der Waals surface area contributed by atoms with Crippen molar-refractivity contribution in [3.63, 3.8) is 0 Å². The van der Waals surface area contributed by atoms with Crippen LogP contribution in [0.3, 0.4) is 0 Å². The quantitative estimate of drug-likeness (QED) is 0.0417. The molecule has 0 bridgehead atoms. The minimum absolute atomic E-state index is 0. The summed E-state index contributed by atoms with van der Waals surface area (Å²) in [5.41, 5.74) is 1.38. The first kappa shape index (κ1) is 78.1.